The van der Waals surface area contributed by atoms with Crippen LogP contribution >= 0.6 is 0 Å². The van der Waals surface area contributed by atoms with Crippen LogP contribution in [0.3, 0.4) is 0 Å². The Kier molecular flexibility index (Phi) is 5.39. The Hall–Kier alpha value is -1.75. The second-order valence-corrected chi connectivity index (χ2v) is 5.14. The monoisotopic (exact) mass is 280 g/mol. The number of hydrogen-bond acceptors (Lipinski definition) is 4. The highest BCUT2D eigenvalue weighted by Crippen LogP contribution is 2.33. The predicted octanol–water partition coefficient (Wildman–Crippen LogP) is 2.47. The first-order valence-corrected chi connectivity index (χ1v) is 6.68. The molecule has 3 N–H and O–H groups in total. The van der Waals surface area contributed by atoms with Gasteiger partial charge in [-0.15, -0.1) is 0 Å². The molecule has 0 aliphatic heterocycles. The first-order chi connectivity index (χ1) is 9.35. The van der Waals surface area contributed by atoms with Crippen LogP contribution in [0.4, 0.5) is 5.69 Å². The summed E-state index contributed by atoms with van der Waals surface area (Å²) in [6, 6.07) is 3.57. The van der Waals surface area contributed by atoms with E-state index in [1.165, 1.54) is 0 Å². The minimum Gasteiger partial charge on any atom is -0.493 e. The smallest absolute Gasteiger partial charge is 0.244 e. The third-order valence-corrected chi connectivity index (χ3v) is 3.27. The van der Waals surface area contributed by atoms with Gasteiger partial charge in [0.1, 0.15) is 0 Å². The Bertz CT molecular complexity index is 484. The number of benzene rings is 1. The number of anilines is 1. The summed E-state index contributed by atoms with van der Waals surface area (Å²) in [7, 11) is 3.14. The van der Waals surface area contributed by atoms with Gasteiger partial charge in [0.25, 0.3) is 0 Å². The van der Waals surface area contributed by atoms with Gasteiger partial charge in [0.2, 0.25) is 5.91 Å². The van der Waals surface area contributed by atoms with Crippen LogP contribution in [0.5, 0.6) is 11.5 Å². The minimum atomic E-state index is -0.881. The lowest BCUT2D eigenvalue weighted by molar-refractivity contribution is -0.120. The van der Waals surface area contributed by atoms with Gasteiger partial charge in [0.15, 0.2) is 11.5 Å². The maximum absolute atomic E-state index is 12.2. The number of amides is 1. The van der Waals surface area contributed by atoms with Crippen molar-refractivity contribution < 1.29 is 14.3 Å². The molecule has 1 unspecified atom stereocenters. The molecule has 5 heteroatoms. The zero-order valence-electron chi connectivity index (χ0n) is 12.9. The van der Waals surface area contributed by atoms with Crippen molar-refractivity contribution in [2.75, 3.05) is 19.5 Å². The molecule has 0 aliphatic carbocycles. The average Bonchev–Trinajstić information content (AvgIpc) is 2.40. The van der Waals surface area contributed by atoms with E-state index in [2.05, 4.69) is 5.32 Å². The first-order valence-electron chi connectivity index (χ1n) is 6.68. The van der Waals surface area contributed by atoms with Gasteiger partial charge in [-0.1, -0.05) is 13.3 Å². The Morgan fingerprint density at radius 2 is 1.85 bits per heavy atom. The maximum atomic E-state index is 12.2. The third-order valence-electron chi connectivity index (χ3n) is 3.27. The molecule has 5 nitrogen and oxygen atoms in total. The molecule has 0 spiro atoms. The van der Waals surface area contributed by atoms with Crippen molar-refractivity contribution in [2.24, 2.45) is 5.73 Å². The van der Waals surface area contributed by atoms with Crippen LogP contribution in [0, 0.1) is 6.92 Å². The molecule has 20 heavy (non-hydrogen) atoms. The average molecular weight is 280 g/mol. The zero-order valence-corrected chi connectivity index (χ0v) is 12.9. The third kappa shape index (κ3) is 3.63. The maximum Gasteiger partial charge on any atom is 0.244 e. The van der Waals surface area contributed by atoms with Crippen LogP contribution in [0.2, 0.25) is 0 Å². The van der Waals surface area contributed by atoms with Crippen LogP contribution in [-0.2, 0) is 4.79 Å². The molecule has 112 valence electrons. The molecule has 0 fully saturated rings. The number of carbonyl (C=O) groups excluding carboxylic acids is 1. The number of nitrogens with one attached hydrogen (secondary N) is 1. The number of ether oxygens (including phenoxy) is 2. The Morgan fingerprint density at radius 1 is 1.30 bits per heavy atom. The Morgan fingerprint density at radius 3 is 2.35 bits per heavy atom. The molecule has 1 amide bonds. The summed E-state index contributed by atoms with van der Waals surface area (Å²) in [4.78, 5) is 12.2. The summed E-state index contributed by atoms with van der Waals surface area (Å²) in [5, 5.41) is 2.86. The van der Waals surface area contributed by atoms with Crippen molar-refractivity contribution in [2.45, 2.75) is 39.2 Å². The summed E-state index contributed by atoms with van der Waals surface area (Å²) in [5.41, 5.74) is 6.72. The number of carbonyl (C=O) groups is 1. The highest BCUT2D eigenvalue weighted by molar-refractivity contribution is 5.98. The number of nitrogens with two attached hydrogens (primary N) is 1. The summed E-state index contributed by atoms with van der Waals surface area (Å²) < 4.78 is 10.5. The molecular weight excluding hydrogens is 256 g/mol. The van der Waals surface area contributed by atoms with E-state index in [0.29, 0.717) is 23.6 Å². The van der Waals surface area contributed by atoms with E-state index in [9.17, 15) is 4.79 Å². The standard InChI is InChI=1S/C15H24N2O3/c1-6-7-15(3,16)14(18)17-11-9-13(20-5)12(19-4)8-10(11)2/h8-9H,6-7,16H2,1-5H3,(H,17,18). The lowest BCUT2D eigenvalue weighted by atomic mass is 9.96. The summed E-state index contributed by atoms with van der Waals surface area (Å²) in [6.45, 7) is 5.63. The number of hydrogen-bond donors (Lipinski definition) is 2. The van der Waals surface area contributed by atoms with E-state index in [1.807, 2.05) is 19.9 Å². The van der Waals surface area contributed by atoms with Crippen molar-refractivity contribution in [3.8, 4) is 11.5 Å². The molecule has 1 rings (SSSR count). The quantitative estimate of drug-likeness (QED) is 0.839. The molecule has 1 aromatic carbocycles. The molecule has 0 radical (unpaired) electrons. The van der Waals surface area contributed by atoms with Crippen molar-refractivity contribution in [3.05, 3.63) is 17.7 Å². The molecule has 0 saturated heterocycles. The molecule has 0 aromatic heterocycles. The van der Waals surface area contributed by atoms with E-state index in [0.717, 1.165) is 12.0 Å². The van der Waals surface area contributed by atoms with Gasteiger partial charge in [-0.25, -0.2) is 0 Å². The number of aryl methyl sites for hydroxylation is 1. The fourth-order valence-electron chi connectivity index (χ4n) is 2.01. The fourth-order valence-corrected chi connectivity index (χ4v) is 2.01. The molecule has 0 saturated carbocycles. The second kappa shape index (κ2) is 6.61. The molecule has 0 heterocycles. The summed E-state index contributed by atoms with van der Waals surface area (Å²) in [6.07, 6.45) is 1.48. The van der Waals surface area contributed by atoms with Gasteiger partial charge in [0.05, 0.1) is 19.8 Å². The highest BCUT2D eigenvalue weighted by Gasteiger charge is 2.27. The number of rotatable bonds is 6. The van der Waals surface area contributed by atoms with Gasteiger partial charge in [-0.05, 0) is 31.9 Å². The summed E-state index contributed by atoms with van der Waals surface area (Å²) >= 11 is 0. The van der Waals surface area contributed by atoms with Crippen molar-refractivity contribution in [1.29, 1.82) is 0 Å². The van der Waals surface area contributed by atoms with E-state index in [4.69, 9.17) is 15.2 Å². The highest BCUT2D eigenvalue weighted by atomic mass is 16.5. The van der Waals surface area contributed by atoms with Gasteiger partial charge in [0, 0.05) is 11.8 Å². The predicted molar refractivity (Wildman–Crippen MR) is 80.4 cm³/mol. The van der Waals surface area contributed by atoms with Crippen LogP contribution in [0.25, 0.3) is 0 Å². The molecule has 0 aliphatic rings. The van der Waals surface area contributed by atoms with Gasteiger partial charge in [-0.3, -0.25) is 4.79 Å². The van der Waals surface area contributed by atoms with Crippen LogP contribution < -0.4 is 20.5 Å². The van der Waals surface area contributed by atoms with Gasteiger partial charge >= 0.3 is 0 Å². The lowest BCUT2D eigenvalue weighted by Crippen LogP contribution is -2.48. The molecule has 1 aromatic rings. The van der Waals surface area contributed by atoms with E-state index in [1.54, 1.807) is 27.2 Å². The van der Waals surface area contributed by atoms with Crippen LogP contribution in [0.15, 0.2) is 12.1 Å². The second-order valence-electron chi connectivity index (χ2n) is 5.14. The van der Waals surface area contributed by atoms with Gasteiger partial charge in [-0.2, -0.15) is 0 Å². The largest absolute Gasteiger partial charge is 0.493 e. The normalized spacial score (nSPS) is 13.5. The van der Waals surface area contributed by atoms with E-state index in [-0.39, 0.29) is 5.91 Å². The summed E-state index contributed by atoms with van der Waals surface area (Å²) in [5.74, 6) is 1.00. The zero-order chi connectivity index (χ0) is 15.3. The topological polar surface area (TPSA) is 73.6 Å². The first kappa shape index (κ1) is 16.3. The SMILES string of the molecule is CCCC(C)(N)C(=O)Nc1cc(OC)c(OC)cc1C. The number of methoxy groups -OCH3 is 2. The molecule has 1 atom stereocenters. The van der Waals surface area contributed by atoms with E-state index >= 15 is 0 Å². The lowest BCUT2D eigenvalue weighted by Gasteiger charge is -2.23. The van der Waals surface area contributed by atoms with Gasteiger partial charge < -0.3 is 20.5 Å². The Labute approximate surface area is 120 Å². The molecular formula is C15H24N2O3. The van der Waals surface area contributed by atoms with Crippen molar-refractivity contribution in [1.82, 2.24) is 0 Å². The van der Waals surface area contributed by atoms with Crippen molar-refractivity contribution >= 4 is 11.6 Å². The van der Waals surface area contributed by atoms with Crippen molar-refractivity contribution in [3.63, 3.8) is 0 Å². The van der Waals surface area contributed by atoms with Crippen LogP contribution in [0.1, 0.15) is 32.3 Å². The Balaban J connectivity index is 3.01. The van der Waals surface area contributed by atoms with E-state index < -0.39 is 5.54 Å². The molecule has 0 bridgehead atoms. The fraction of sp³-hybridized carbons (Fsp3) is 0.533. The minimum absolute atomic E-state index is 0.199. The van der Waals surface area contributed by atoms with Crippen LogP contribution in [-0.4, -0.2) is 25.7 Å².